The highest BCUT2D eigenvalue weighted by atomic mass is 79.9. The zero-order chi connectivity index (χ0) is 14.8. The number of nitrogens with two attached hydrogens (primary N) is 1. The number of hydrogen-bond acceptors (Lipinski definition) is 5. The van der Waals surface area contributed by atoms with E-state index >= 15 is 0 Å². The molecule has 0 aliphatic heterocycles. The molecule has 1 aromatic heterocycles. The highest BCUT2D eigenvalue weighted by molar-refractivity contribution is 9.10. The number of nitrogens with zero attached hydrogens (tertiary/aromatic N) is 1. The van der Waals surface area contributed by atoms with E-state index in [1.807, 2.05) is 18.2 Å². The number of ether oxygens (including phenoxy) is 2. The molecule has 6 heteroatoms. The molecule has 0 aliphatic rings. The summed E-state index contributed by atoms with van der Waals surface area (Å²) < 4.78 is 17.4. The van der Waals surface area contributed by atoms with Crippen molar-refractivity contribution >= 4 is 32.7 Å². The van der Waals surface area contributed by atoms with Gasteiger partial charge >= 0.3 is 0 Å². The first-order valence-corrected chi connectivity index (χ1v) is 7.07. The minimum atomic E-state index is 0.202. The number of benzene rings is 2. The maximum atomic E-state index is 5.75. The lowest BCUT2D eigenvalue weighted by Crippen LogP contribution is -1.98. The number of rotatable bonds is 4. The Labute approximate surface area is 129 Å². The zero-order valence-electron chi connectivity index (χ0n) is 11.3. The molecule has 2 N–H and O–H groups in total. The number of oxazole rings is 1. The van der Waals surface area contributed by atoms with E-state index in [9.17, 15) is 0 Å². The highest BCUT2D eigenvalue weighted by Gasteiger charge is 2.11. The number of fused-ring (bicyclic) bond motifs is 1. The Morgan fingerprint density at radius 2 is 2.14 bits per heavy atom. The van der Waals surface area contributed by atoms with Crippen LogP contribution in [0.2, 0.25) is 0 Å². The van der Waals surface area contributed by atoms with E-state index in [0.717, 1.165) is 4.47 Å². The monoisotopic (exact) mass is 348 g/mol. The maximum absolute atomic E-state index is 5.75. The number of anilines is 1. The Bertz CT molecular complexity index is 786. The molecular formula is C15H13BrN2O3. The van der Waals surface area contributed by atoms with Crippen LogP contribution < -0.4 is 15.2 Å². The molecule has 0 spiro atoms. The van der Waals surface area contributed by atoms with Crippen molar-refractivity contribution < 1.29 is 13.9 Å². The average molecular weight is 349 g/mol. The summed E-state index contributed by atoms with van der Waals surface area (Å²) in [6.45, 7) is 0.202. The van der Waals surface area contributed by atoms with Gasteiger partial charge in [-0.15, -0.1) is 0 Å². The average Bonchev–Trinajstić information content (AvgIpc) is 2.87. The van der Waals surface area contributed by atoms with E-state index in [2.05, 4.69) is 20.9 Å². The first kappa shape index (κ1) is 13.8. The topological polar surface area (TPSA) is 70.5 Å². The molecule has 1 heterocycles. The third-order valence-electron chi connectivity index (χ3n) is 2.95. The summed E-state index contributed by atoms with van der Waals surface area (Å²) in [6, 6.07) is 10.9. The second-order valence-corrected chi connectivity index (χ2v) is 5.25. The van der Waals surface area contributed by atoms with E-state index < -0.39 is 0 Å². The fraction of sp³-hybridized carbons (Fsp3) is 0.133. The quantitative estimate of drug-likeness (QED) is 0.727. The third kappa shape index (κ3) is 2.80. The molecule has 21 heavy (non-hydrogen) atoms. The lowest BCUT2D eigenvalue weighted by atomic mass is 10.3. The van der Waals surface area contributed by atoms with Crippen LogP contribution in [0, 0.1) is 0 Å². The Morgan fingerprint density at radius 3 is 2.95 bits per heavy atom. The van der Waals surface area contributed by atoms with Crippen molar-refractivity contribution in [1.82, 2.24) is 4.98 Å². The molecule has 0 bridgehead atoms. The molecule has 0 saturated heterocycles. The SMILES string of the molecule is COc1cccc(Br)c1OCc1nc2cc(N)ccc2o1. The van der Waals surface area contributed by atoms with Crippen LogP contribution in [0.1, 0.15) is 5.89 Å². The number of methoxy groups -OCH3 is 1. The van der Waals surface area contributed by atoms with Gasteiger partial charge in [0.1, 0.15) is 5.52 Å². The number of nitrogen functional groups attached to an aromatic ring is 1. The van der Waals surface area contributed by atoms with Gasteiger partial charge in [-0.05, 0) is 46.3 Å². The van der Waals surface area contributed by atoms with E-state index in [4.69, 9.17) is 19.6 Å². The predicted molar refractivity (Wildman–Crippen MR) is 83.4 cm³/mol. The number of para-hydroxylation sites is 1. The molecule has 3 rings (SSSR count). The van der Waals surface area contributed by atoms with Crippen LogP contribution in [0.15, 0.2) is 45.3 Å². The molecule has 5 nitrogen and oxygen atoms in total. The lowest BCUT2D eigenvalue weighted by molar-refractivity contribution is 0.252. The van der Waals surface area contributed by atoms with Gasteiger partial charge < -0.3 is 19.6 Å². The van der Waals surface area contributed by atoms with Gasteiger partial charge in [-0.2, -0.15) is 0 Å². The van der Waals surface area contributed by atoms with Crippen molar-refractivity contribution in [2.45, 2.75) is 6.61 Å². The summed E-state index contributed by atoms with van der Waals surface area (Å²) in [5.74, 6) is 1.74. The van der Waals surface area contributed by atoms with Gasteiger partial charge in [-0.1, -0.05) is 6.07 Å². The highest BCUT2D eigenvalue weighted by Crippen LogP contribution is 2.35. The molecule has 3 aromatic rings. The minimum absolute atomic E-state index is 0.202. The smallest absolute Gasteiger partial charge is 0.233 e. The molecule has 0 atom stereocenters. The van der Waals surface area contributed by atoms with Crippen LogP contribution in [0.3, 0.4) is 0 Å². The van der Waals surface area contributed by atoms with Gasteiger partial charge in [-0.25, -0.2) is 4.98 Å². The summed E-state index contributed by atoms with van der Waals surface area (Å²) in [5.41, 5.74) is 7.77. The van der Waals surface area contributed by atoms with Crippen molar-refractivity contribution in [1.29, 1.82) is 0 Å². The number of halogens is 1. The zero-order valence-corrected chi connectivity index (χ0v) is 12.9. The van der Waals surface area contributed by atoms with Crippen molar-refractivity contribution in [2.75, 3.05) is 12.8 Å². The molecule has 0 saturated carbocycles. The van der Waals surface area contributed by atoms with E-state index in [-0.39, 0.29) is 6.61 Å². The molecule has 0 unspecified atom stereocenters. The lowest BCUT2D eigenvalue weighted by Gasteiger charge is -2.10. The minimum Gasteiger partial charge on any atom is -0.493 e. The molecule has 0 amide bonds. The first-order valence-electron chi connectivity index (χ1n) is 6.27. The fourth-order valence-electron chi connectivity index (χ4n) is 1.98. The fourth-order valence-corrected chi connectivity index (χ4v) is 2.44. The van der Waals surface area contributed by atoms with Crippen LogP contribution in [-0.4, -0.2) is 12.1 Å². The van der Waals surface area contributed by atoms with Crippen LogP contribution >= 0.6 is 15.9 Å². The summed E-state index contributed by atoms with van der Waals surface area (Å²) in [4.78, 5) is 4.35. The second-order valence-electron chi connectivity index (χ2n) is 4.39. The van der Waals surface area contributed by atoms with Crippen molar-refractivity contribution in [3.05, 3.63) is 46.8 Å². The van der Waals surface area contributed by atoms with Crippen LogP contribution in [0.4, 0.5) is 5.69 Å². The Morgan fingerprint density at radius 1 is 1.29 bits per heavy atom. The molecular weight excluding hydrogens is 336 g/mol. The summed E-state index contributed by atoms with van der Waals surface area (Å²) in [5, 5.41) is 0. The Hall–Kier alpha value is -2.21. The largest absolute Gasteiger partial charge is 0.493 e. The van der Waals surface area contributed by atoms with Gasteiger partial charge in [0.05, 0.1) is 11.6 Å². The Kier molecular flexibility index (Phi) is 3.70. The van der Waals surface area contributed by atoms with Crippen molar-refractivity contribution in [3.8, 4) is 11.5 Å². The molecule has 0 fully saturated rings. The van der Waals surface area contributed by atoms with E-state index in [0.29, 0.717) is 34.2 Å². The summed E-state index contributed by atoms with van der Waals surface area (Å²) in [6.07, 6.45) is 0. The van der Waals surface area contributed by atoms with E-state index in [1.54, 1.807) is 25.3 Å². The molecule has 0 aliphatic carbocycles. The maximum Gasteiger partial charge on any atom is 0.233 e. The predicted octanol–water partition coefficient (Wildman–Crippen LogP) is 3.76. The summed E-state index contributed by atoms with van der Waals surface area (Å²) >= 11 is 3.43. The van der Waals surface area contributed by atoms with Crippen LogP contribution in [-0.2, 0) is 6.61 Å². The molecule has 108 valence electrons. The molecule has 0 radical (unpaired) electrons. The van der Waals surface area contributed by atoms with Crippen LogP contribution in [0.25, 0.3) is 11.1 Å². The normalized spacial score (nSPS) is 10.8. The van der Waals surface area contributed by atoms with Gasteiger partial charge in [0.15, 0.2) is 23.7 Å². The first-order chi connectivity index (χ1) is 10.2. The van der Waals surface area contributed by atoms with E-state index in [1.165, 1.54) is 0 Å². The van der Waals surface area contributed by atoms with Crippen molar-refractivity contribution in [3.63, 3.8) is 0 Å². The van der Waals surface area contributed by atoms with Gasteiger partial charge in [0.2, 0.25) is 5.89 Å². The molecule has 2 aromatic carbocycles. The van der Waals surface area contributed by atoms with Gasteiger partial charge in [-0.3, -0.25) is 0 Å². The standard InChI is InChI=1S/C15H13BrN2O3/c1-19-13-4-2-3-10(16)15(13)20-8-14-18-11-7-9(17)5-6-12(11)21-14/h2-7H,8,17H2,1H3. The van der Waals surface area contributed by atoms with Crippen molar-refractivity contribution in [2.24, 2.45) is 0 Å². The van der Waals surface area contributed by atoms with Gasteiger partial charge in [0, 0.05) is 5.69 Å². The second kappa shape index (κ2) is 5.65. The number of hydrogen-bond donors (Lipinski definition) is 1. The summed E-state index contributed by atoms with van der Waals surface area (Å²) in [7, 11) is 1.59. The number of aromatic nitrogens is 1. The van der Waals surface area contributed by atoms with Gasteiger partial charge in [0.25, 0.3) is 0 Å². The third-order valence-corrected chi connectivity index (χ3v) is 3.57. The Balaban J connectivity index is 1.83. The van der Waals surface area contributed by atoms with Crippen LogP contribution in [0.5, 0.6) is 11.5 Å².